The van der Waals surface area contributed by atoms with Crippen LogP contribution in [0, 0.1) is 0 Å². The third kappa shape index (κ3) is 6.70. The van der Waals surface area contributed by atoms with Gasteiger partial charge in [0.1, 0.15) is 27.3 Å². The Bertz CT molecular complexity index is 517. The maximum atomic E-state index is 11.1. The number of aromatic nitrogens is 2. The minimum Gasteiger partial charge on any atom is -0.370 e. The van der Waals surface area contributed by atoms with E-state index in [1.165, 1.54) is 6.26 Å². The average molecular weight is 300 g/mol. The zero-order valence-corrected chi connectivity index (χ0v) is 13.3. The summed E-state index contributed by atoms with van der Waals surface area (Å²) in [6.45, 7) is 5.56. The second kappa shape index (κ2) is 8.04. The fourth-order valence-electron chi connectivity index (χ4n) is 1.64. The highest BCUT2D eigenvalue weighted by molar-refractivity contribution is 7.90. The molecule has 0 unspecified atom stereocenters. The molecule has 0 aromatic carbocycles. The summed E-state index contributed by atoms with van der Waals surface area (Å²) < 4.78 is 22.1. The van der Waals surface area contributed by atoms with Gasteiger partial charge in [-0.1, -0.05) is 13.8 Å². The van der Waals surface area contributed by atoms with Gasteiger partial charge in [-0.15, -0.1) is 0 Å². The zero-order valence-electron chi connectivity index (χ0n) is 12.4. The van der Waals surface area contributed by atoms with E-state index in [1.807, 2.05) is 13.0 Å². The van der Waals surface area contributed by atoms with Crippen LogP contribution in [0.2, 0.25) is 0 Å². The molecule has 6 nitrogen and oxygen atoms in total. The summed E-state index contributed by atoms with van der Waals surface area (Å²) in [5, 5.41) is 6.39. The van der Waals surface area contributed by atoms with E-state index in [1.54, 1.807) is 0 Å². The van der Waals surface area contributed by atoms with E-state index in [-0.39, 0.29) is 5.75 Å². The summed E-state index contributed by atoms with van der Waals surface area (Å²) in [5.74, 6) is 2.51. The Labute approximate surface area is 121 Å². The molecule has 1 heterocycles. The Morgan fingerprint density at radius 1 is 1.10 bits per heavy atom. The van der Waals surface area contributed by atoms with Crippen molar-refractivity contribution in [2.75, 3.05) is 35.7 Å². The van der Waals surface area contributed by atoms with E-state index in [0.717, 1.165) is 36.8 Å². The van der Waals surface area contributed by atoms with Gasteiger partial charge in [0.2, 0.25) is 0 Å². The minimum absolute atomic E-state index is 0.187. The molecule has 0 aliphatic heterocycles. The lowest BCUT2D eigenvalue weighted by atomic mass is 10.4. The zero-order chi connectivity index (χ0) is 15.0. The lowest BCUT2D eigenvalue weighted by Crippen LogP contribution is -2.12. The Balaban J connectivity index is 2.59. The predicted molar refractivity (Wildman–Crippen MR) is 83.0 cm³/mol. The lowest BCUT2D eigenvalue weighted by Gasteiger charge is -2.10. The highest BCUT2D eigenvalue weighted by atomic mass is 32.2. The average Bonchev–Trinajstić information content (AvgIpc) is 2.40. The monoisotopic (exact) mass is 300 g/mol. The molecule has 20 heavy (non-hydrogen) atoms. The first-order valence-corrected chi connectivity index (χ1v) is 9.04. The molecule has 1 rings (SSSR count). The van der Waals surface area contributed by atoms with Crippen molar-refractivity contribution in [2.24, 2.45) is 0 Å². The Morgan fingerprint density at radius 3 is 2.20 bits per heavy atom. The first kappa shape index (κ1) is 16.7. The fraction of sp³-hybridized carbons (Fsp3) is 0.692. The molecule has 0 spiro atoms. The van der Waals surface area contributed by atoms with Crippen LogP contribution < -0.4 is 10.6 Å². The van der Waals surface area contributed by atoms with Gasteiger partial charge >= 0.3 is 0 Å². The van der Waals surface area contributed by atoms with E-state index in [2.05, 4.69) is 27.5 Å². The van der Waals surface area contributed by atoms with Crippen LogP contribution in [0.4, 0.5) is 11.6 Å². The first-order valence-electron chi connectivity index (χ1n) is 6.98. The Hall–Kier alpha value is -1.37. The van der Waals surface area contributed by atoms with Gasteiger partial charge in [0.15, 0.2) is 0 Å². The number of nitrogens with one attached hydrogen (secondary N) is 2. The molecular formula is C13H24N4O2S. The highest BCUT2D eigenvalue weighted by Crippen LogP contribution is 2.12. The summed E-state index contributed by atoms with van der Waals surface area (Å²) in [6, 6.07) is 1.86. The van der Waals surface area contributed by atoms with Crippen LogP contribution in [0.1, 0.15) is 32.5 Å². The van der Waals surface area contributed by atoms with Crippen LogP contribution >= 0.6 is 0 Å². The van der Waals surface area contributed by atoms with Crippen molar-refractivity contribution < 1.29 is 8.42 Å². The predicted octanol–water partition coefficient (Wildman–Crippen LogP) is 1.71. The molecule has 7 heteroatoms. The molecule has 2 N–H and O–H groups in total. The molecule has 1 aromatic heterocycles. The molecule has 1 aromatic rings. The second-order valence-corrected chi connectivity index (χ2v) is 7.00. The molecule has 0 aliphatic carbocycles. The molecule has 114 valence electrons. The van der Waals surface area contributed by atoms with Crippen LogP contribution in [0.15, 0.2) is 6.07 Å². The number of nitrogens with zero attached hydrogens (tertiary/aromatic N) is 2. The van der Waals surface area contributed by atoms with Crippen LogP contribution in [0.25, 0.3) is 0 Å². The molecule has 0 aliphatic rings. The van der Waals surface area contributed by atoms with Crippen molar-refractivity contribution in [3.8, 4) is 0 Å². The largest absolute Gasteiger partial charge is 0.370 e. The van der Waals surface area contributed by atoms with E-state index in [9.17, 15) is 8.42 Å². The van der Waals surface area contributed by atoms with Gasteiger partial charge in [-0.05, 0) is 12.8 Å². The molecule has 0 saturated heterocycles. The van der Waals surface area contributed by atoms with Gasteiger partial charge in [0, 0.05) is 31.8 Å². The fourth-order valence-corrected chi connectivity index (χ4v) is 2.31. The summed E-state index contributed by atoms with van der Waals surface area (Å²) in [7, 11) is -2.90. The number of aryl methyl sites for hydroxylation is 1. The maximum absolute atomic E-state index is 11.1. The van der Waals surface area contributed by atoms with Gasteiger partial charge in [-0.25, -0.2) is 18.4 Å². The normalized spacial score (nSPS) is 11.3. The molecule has 0 amide bonds. The number of anilines is 2. The van der Waals surface area contributed by atoms with Gasteiger partial charge in [-0.2, -0.15) is 0 Å². The molecule has 0 radical (unpaired) electrons. The van der Waals surface area contributed by atoms with Crippen LogP contribution in [0.3, 0.4) is 0 Å². The van der Waals surface area contributed by atoms with Crippen molar-refractivity contribution in [1.29, 1.82) is 0 Å². The van der Waals surface area contributed by atoms with Crippen molar-refractivity contribution >= 4 is 21.5 Å². The number of sulfone groups is 1. The molecule has 0 atom stereocenters. The van der Waals surface area contributed by atoms with Gasteiger partial charge in [0.25, 0.3) is 0 Å². The van der Waals surface area contributed by atoms with Crippen molar-refractivity contribution in [1.82, 2.24) is 9.97 Å². The third-order valence-corrected chi connectivity index (χ3v) is 3.67. The van der Waals surface area contributed by atoms with E-state index in [0.29, 0.717) is 13.0 Å². The molecule has 0 saturated carbocycles. The van der Waals surface area contributed by atoms with Crippen molar-refractivity contribution in [2.45, 2.75) is 33.1 Å². The van der Waals surface area contributed by atoms with Crippen molar-refractivity contribution in [3.05, 3.63) is 11.9 Å². The number of hydrogen-bond donors (Lipinski definition) is 2. The summed E-state index contributed by atoms with van der Waals surface area (Å²) >= 11 is 0. The third-order valence-electron chi connectivity index (χ3n) is 2.64. The smallest absolute Gasteiger partial charge is 0.147 e. The molecular weight excluding hydrogens is 276 g/mol. The van der Waals surface area contributed by atoms with Gasteiger partial charge in [0.05, 0.1) is 5.75 Å². The SMILES string of the molecule is CCCNc1cc(NCCCS(C)(=O)=O)nc(CC)n1. The summed E-state index contributed by atoms with van der Waals surface area (Å²) in [4.78, 5) is 8.78. The topological polar surface area (TPSA) is 84.0 Å². The second-order valence-electron chi connectivity index (χ2n) is 4.75. The van der Waals surface area contributed by atoms with Crippen molar-refractivity contribution in [3.63, 3.8) is 0 Å². The van der Waals surface area contributed by atoms with Crippen LogP contribution in [-0.4, -0.2) is 43.5 Å². The van der Waals surface area contributed by atoms with Gasteiger partial charge < -0.3 is 10.6 Å². The lowest BCUT2D eigenvalue weighted by molar-refractivity contribution is 0.600. The van der Waals surface area contributed by atoms with E-state index >= 15 is 0 Å². The minimum atomic E-state index is -2.90. The number of rotatable bonds is 9. The van der Waals surface area contributed by atoms with E-state index in [4.69, 9.17) is 0 Å². The molecule has 0 fully saturated rings. The van der Waals surface area contributed by atoms with E-state index < -0.39 is 9.84 Å². The number of hydrogen-bond acceptors (Lipinski definition) is 6. The highest BCUT2D eigenvalue weighted by Gasteiger charge is 2.04. The van der Waals surface area contributed by atoms with Crippen LogP contribution in [-0.2, 0) is 16.3 Å². The maximum Gasteiger partial charge on any atom is 0.147 e. The Kier molecular flexibility index (Phi) is 6.70. The quantitative estimate of drug-likeness (QED) is 0.675. The van der Waals surface area contributed by atoms with Crippen LogP contribution in [0.5, 0.6) is 0 Å². The first-order chi connectivity index (χ1) is 9.44. The van der Waals surface area contributed by atoms with Gasteiger partial charge in [-0.3, -0.25) is 0 Å². The Morgan fingerprint density at radius 2 is 1.70 bits per heavy atom. The summed E-state index contributed by atoms with van der Waals surface area (Å²) in [5.41, 5.74) is 0. The standard InChI is InChI=1S/C13H24N4O2S/c1-4-7-14-12-10-13(17-11(5-2)16-12)15-8-6-9-20(3,18)19/h10H,4-9H2,1-3H3,(H2,14,15,16,17). The summed E-state index contributed by atoms with van der Waals surface area (Å²) in [6.07, 6.45) is 3.61. The molecule has 0 bridgehead atoms.